The molecule has 0 spiro atoms. The van der Waals surface area contributed by atoms with Gasteiger partial charge < -0.3 is 14.9 Å². The van der Waals surface area contributed by atoms with Crippen LogP contribution in [0, 0.1) is 23.2 Å². The van der Waals surface area contributed by atoms with Gasteiger partial charge in [0.1, 0.15) is 5.75 Å². The smallest absolute Gasteiger partial charge is 0.115 e. The molecule has 1 aromatic carbocycles. The number of aromatic hydroxyl groups is 1. The molecule has 0 aromatic heterocycles. The van der Waals surface area contributed by atoms with E-state index in [1.165, 1.54) is 17.5 Å². The van der Waals surface area contributed by atoms with Crippen molar-refractivity contribution in [3.8, 4) is 5.75 Å². The van der Waals surface area contributed by atoms with Gasteiger partial charge in [0.05, 0.1) is 6.10 Å². The number of unbranched alkanes of at least 4 members (excludes halogenated alkanes) is 1. The Balaban J connectivity index is 1.65. The van der Waals surface area contributed by atoms with Crippen LogP contribution in [-0.4, -0.2) is 29.5 Å². The summed E-state index contributed by atoms with van der Waals surface area (Å²) < 4.78 is 6.10. The highest BCUT2D eigenvalue weighted by atomic mass is 16.5. The number of phenols is 1. The molecule has 0 amide bonds. The number of hydrogen-bond acceptors (Lipinski definition) is 3. The first-order chi connectivity index (χ1) is 12.5. The molecule has 26 heavy (non-hydrogen) atoms. The first-order valence-corrected chi connectivity index (χ1v) is 10.6. The van der Waals surface area contributed by atoms with Gasteiger partial charge in [-0.15, -0.1) is 0 Å². The van der Waals surface area contributed by atoms with E-state index in [1.54, 1.807) is 0 Å². The third kappa shape index (κ3) is 2.97. The molecule has 3 heteroatoms. The summed E-state index contributed by atoms with van der Waals surface area (Å²) in [5.41, 5.74) is 2.81. The quantitative estimate of drug-likeness (QED) is 0.753. The van der Waals surface area contributed by atoms with Crippen molar-refractivity contribution in [2.75, 3.05) is 13.2 Å². The molecule has 3 nitrogen and oxygen atoms in total. The van der Waals surface area contributed by atoms with Gasteiger partial charge in [-0.05, 0) is 90.9 Å². The lowest BCUT2D eigenvalue weighted by Gasteiger charge is -2.53. The molecule has 0 saturated heterocycles. The fourth-order valence-corrected chi connectivity index (χ4v) is 6.49. The zero-order valence-corrected chi connectivity index (χ0v) is 16.3. The van der Waals surface area contributed by atoms with Crippen molar-refractivity contribution >= 4 is 0 Å². The van der Waals surface area contributed by atoms with Crippen LogP contribution in [0.1, 0.15) is 69.4 Å². The van der Waals surface area contributed by atoms with E-state index >= 15 is 0 Å². The molecule has 0 heterocycles. The lowest BCUT2D eigenvalue weighted by molar-refractivity contribution is -0.0674. The number of hydrogen-bond donors (Lipinski definition) is 2. The van der Waals surface area contributed by atoms with Gasteiger partial charge in [-0.3, -0.25) is 0 Å². The molecule has 2 N–H and O–H groups in total. The van der Waals surface area contributed by atoms with Crippen molar-refractivity contribution in [2.45, 2.75) is 70.8 Å². The van der Waals surface area contributed by atoms with Crippen LogP contribution in [0.2, 0.25) is 0 Å². The topological polar surface area (TPSA) is 49.7 Å². The number of rotatable bonds is 5. The Morgan fingerprint density at radius 2 is 2.08 bits per heavy atom. The highest BCUT2D eigenvalue weighted by molar-refractivity contribution is 5.40. The Morgan fingerprint density at radius 1 is 1.23 bits per heavy atom. The van der Waals surface area contributed by atoms with Crippen LogP contribution < -0.4 is 0 Å². The lowest BCUT2D eigenvalue weighted by atomic mass is 9.52. The minimum absolute atomic E-state index is 0.0500. The van der Waals surface area contributed by atoms with E-state index in [2.05, 4.69) is 19.9 Å². The molecule has 0 aliphatic heterocycles. The van der Waals surface area contributed by atoms with Gasteiger partial charge >= 0.3 is 0 Å². The van der Waals surface area contributed by atoms with Crippen LogP contribution in [-0.2, 0) is 11.2 Å². The van der Waals surface area contributed by atoms with E-state index in [4.69, 9.17) is 4.74 Å². The van der Waals surface area contributed by atoms with E-state index < -0.39 is 0 Å². The molecule has 2 fully saturated rings. The van der Waals surface area contributed by atoms with Crippen LogP contribution in [0.25, 0.3) is 0 Å². The zero-order valence-electron chi connectivity index (χ0n) is 16.3. The van der Waals surface area contributed by atoms with E-state index in [-0.39, 0.29) is 11.5 Å². The maximum atomic E-state index is 10.8. The number of fused-ring (bicyclic) bond motifs is 5. The van der Waals surface area contributed by atoms with E-state index in [9.17, 15) is 10.2 Å². The highest BCUT2D eigenvalue weighted by Crippen LogP contribution is 2.62. The van der Waals surface area contributed by atoms with Gasteiger partial charge in [-0.25, -0.2) is 0 Å². The zero-order chi connectivity index (χ0) is 18.3. The molecule has 0 bridgehead atoms. The summed E-state index contributed by atoms with van der Waals surface area (Å²) in [7, 11) is 0. The molecule has 3 aliphatic rings. The van der Waals surface area contributed by atoms with E-state index in [0.29, 0.717) is 29.4 Å². The van der Waals surface area contributed by atoms with Crippen LogP contribution in [0.5, 0.6) is 5.75 Å². The van der Waals surface area contributed by atoms with Crippen molar-refractivity contribution in [1.29, 1.82) is 0 Å². The molecule has 1 aromatic rings. The minimum atomic E-state index is -0.159. The first-order valence-electron chi connectivity index (χ1n) is 10.6. The fraction of sp³-hybridized carbons (Fsp3) is 0.739. The molecular weight excluding hydrogens is 324 g/mol. The predicted octanol–water partition coefficient (Wildman–Crippen LogP) is 4.65. The number of ether oxygens (including phenoxy) is 1. The molecule has 6 atom stereocenters. The predicted molar refractivity (Wildman–Crippen MR) is 103 cm³/mol. The second-order valence-electron chi connectivity index (χ2n) is 9.21. The standard InChI is InChI=1S/C23H34O3/c1-3-4-11-26-14-16-13-23(2)20(9-10-21(23)25)19-7-5-15-12-17(24)6-8-18(15)22(16)19/h6,8,12,16,19-22,24-25H,3-5,7,9-11,13-14H2,1-2H3/t16-,19+,20+,21?,22-,23+/m1/s1. The Hall–Kier alpha value is -1.06. The van der Waals surface area contributed by atoms with Gasteiger partial charge in [-0.1, -0.05) is 26.3 Å². The lowest BCUT2D eigenvalue weighted by Crippen LogP contribution is -2.49. The largest absolute Gasteiger partial charge is 0.508 e. The van der Waals surface area contributed by atoms with Crippen molar-refractivity contribution in [3.05, 3.63) is 29.3 Å². The van der Waals surface area contributed by atoms with Crippen LogP contribution in [0.4, 0.5) is 0 Å². The van der Waals surface area contributed by atoms with Gasteiger partial charge in [-0.2, -0.15) is 0 Å². The Kier molecular flexibility index (Phi) is 5.04. The van der Waals surface area contributed by atoms with Gasteiger partial charge in [0, 0.05) is 13.2 Å². The third-order valence-electron chi connectivity index (χ3n) is 7.75. The van der Waals surface area contributed by atoms with Crippen molar-refractivity contribution in [2.24, 2.45) is 23.2 Å². The van der Waals surface area contributed by atoms with Crippen LogP contribution in [0.3, 0.4) is 0 Å². The maximum absolute atomic E-state index is 10.8. The average molecular weight is 359 g/mol. The number of benzene rings is 1. The van der Waals surface area contributed by atoms with Crippen molar-refractivity contribution in [1.82, 2.24) is 0 Å². The summed E-state index contributed by atoms with van der Waals surface area (Å²) in [6.07, 6.45) is 7.54. The molecule has 0 radical (unpaired) electrons. The summed E-state index contributed by atoms with van der Waals surface area (Å²) in [4.78, 5) is 0. The van der Waals surface area contributed by atoms with Gasteiger partial charge in [0.15, 0.2) is 0 Å². The Morgan fingerprint density at radius 3 is 2.88 bits per heavy atom. The number of aliphatic hydroxyl groups excluding tert-OH is 1. The minimum Gasteiger partial charge on any atom is -0.508 e. The van der Waals surface area contributed by atoms with Gasteiger partial charge in [0.2, 0.25) is 0 Å². The van der Waals surface area contributed by atoms with Crippen LogP contribution >= 0.6 is 0 Å². The molecule has 144 valence electrons. The summed E-state index contributed by atoms with van der Waals surface area (Å²) in [5.74, 6) is 2.63. The molecule has 4 rings (SSSR count). The fourth-order valence-electron chi connectivity index (χ4n) is 6.49. The first kappa shape index (κ1) is 18.3. The molecule has 1 unspecified atom stereocenters. The second-order valence-corrected chi connectivity index (χ2v) is 9.21. The number of aryl methyl sites for hydroxylation is 1. The summed E-state index contributed by atoms with van der Waals surface area (Å²) in [5, 5.41) is 20.7. The van der Waals surface area contributed by atoms with Gasteiger partial charge in [0.25, 0.3) is 0 Å². The van der Waals surface area contributed by atoms with Crippen LogP contribution in [0.15, 0.2) is 18.2 Å². The molecular formula is C23H34O3. The second kappa shape index (κ2) is 7.16. The summed E-state index contributed by atoms with van der Waals surface area (Å²) in [6.45, 7) is 6.17. The van der Waals surface area contributed by atoms with E-state index in [0.717, 1.165) is 51.7 Å². The SMILES string of the molecule is CCCCOC[C@H]1C[C@]2(C)C(O)CC[C@H]2[C@@H]2CCc3cc(O)ccc3[C@@H]12. The normalized spacial score (nSPS) is 38.5. The Bertz CT molecular complexity index is 642. The third-order valence-corrected chi connectivity index (χ3v) is 7.75. The Labute approximate surface area is 157 Å². The highest BCUT2D eigenvalue weighted by Gasteiger charge is 2.57. The van der Waals surface area contributed by atoms with E-state index in [1.807, 2.05) is 12.1 Å². The maximum Gasteiger partial charge on any atom is 0.115 e. The molecule has 2 saturated carbocycles. The monoisotopic (exact) mass is 358 g/mol. The van der Waals surface area contributed by atoms with Crippen molar-refractivity contribution in [3.63, 3.8) is 0 Å². The molecule has 3 aliphatic carbocycles. The average Bonchev–Trinajstić information content (AvgIpc) is 2.93. The summed E-state index contributed by atoms with van der Waals surface area (Å²) in [6, 6.07) is 5.99. The summed E-state index contributed by atoms with van der Waals surface area (Å²) >= 11 is 0. The number of phenolic OH excluding ortho intramolecular Hbond substituents is 1. The number of aliphatic hydroxyl groups is 1. The van der Waals surface area contributed by atoms with Crippen molar-refractivity contribution < 1.29 is 14.9 Å².